The summed E-state index contributed by atoms with van der Waals surface area (Å²) in [6.07, 6.45) is 6.94. The Labute approximate surface area is 179 Å². The van der Waals surface area contributed by atoms with Crippen LogP contribution in [-0.4, -0.2) is 67.0 Å². The van der Waals surface area contributed by atoms with E-state index in [4.69, 9.17) is 16.3 Å². The Kier molecular flexibility index (Phi) is 7.64. The number of nitrogens with one attached hydrogen (secondary N) is 2. The topological polar surface area (TPSA) is 86.3 Å². The van der Waals surface area contributed by atoms with Gasteiger partial charge in [0, 0.05) is 56.6 Å². The molecule has 162 valence electrons. The fourth-order valence-electron chi connectivity index (χ4n) is 3.23. The maximum Gasteiger partial charge on any atom is 0.412 e. The third-order valence-corrected chi connectivity index (χ3v) is 5.15. The highest BCUT2D eigenvalue weighted by atomic mass is 35.5. The molecule has 0 radical (unpaired) electrons. The molecule has 0 saturated carbocycles. The number of ether oxygens (including phenoxy) is 1. The molecule has 2 heterocycles. The Bertz CT molecular complexity index is 841. The summed E-state index contributed by atoms with van der Waals surface area (Å²) in [7, 11) is 0. The Balaban J connectivity index is 1.43. The number of aliphatic imine (C=N–C) groups is 1. The van der Waals surface area contributed by atoms with Crippen LogP contribution in [0.25, 0.3) is 0 Å². The highest BCUT2D eigenvalue weighted by Gasteiger charge is 2.20. The molecule has 0 spiro atoms. The third-order valence-electron chi connectivity index (χ3n) is 4.82. The fraction of sp³-hybridized carbons (Fsp3) is 0.450. The van der Waals surface area contributed by atoms with E-state index in [1.54, 1.807) is 13.0 Å². The highest BCUT2D eigenvalue weighted by molar-refractivity contribution is 6.31. The van der Waals surface area contributed by atoms with Crippen LogP contribution in [-0.2, 0) is 9.53 Å². The van der Waals surface area contributed by atoms with Crippen molar-refractivity contribution in [1.82, 2.24) is 20.4 Å². The lowest BCUT2D eigenvalue weighted by molar-refractivity contribution is -0.121. The lowest BCUT2D eigenvalue weighted by Gasteiger charge is -2.36. The molecule has 8 nitrogen and oxygen atoms in total. The summed E-state index contributed by atoms with van der Waals surface area (Å²) in [4.78, 5) is 31.8. The van der Waals surface area contributed by atoms with Crippen LogP contribution in [0.4, 0.5) is 9.18 Å². The van der Waals surface area contributed by atoms with Crippen molar-refractivity contribution in [2.45, 2.75) is 19.8 Å². The zero-order valence-electron chi connectivity index (χ0n) is 16.8. The van der Waals surface area contributed by atoms with Gasteiger partial charge in [-0.1, -0.05) is 17.7 Å². The zero-order chi connectivity index (χ0) is 21.5. The van der Waals surface area contributed by atoms with Crippen molar-refractivity contribution in [3.8, 4) is 0 Å². The van der Waals surface area contributed by atoms with Crippen molar-refractivity contribution < 1.29 is 18.7 Å². The Morgan fingerprint density at radius 3 is 2.87 bits per heavy atom. The second-order valence-corrected chi connectivity index (χ2v) is 7.54. The van der Waals surface area contributed by atoms with E-state index >= 15 is 0 Å². The molecule has 2 N–H and O–H groups in total. The number of cyclic esters (lactones) is 1. The number of allylic oxidation sites excluding steroid dienone is 6. The summed E-state index contributed by atoms with van der Waals surface area (Å²) in [5, 5.41) is 5.45. The zero-order valence-corrected chi connectivity index (χ0v) is 17.5. The number of hydrogen-bond acceptors (Lipinski definition) is 6. The molecule has 2 saturated heterocycles. The van der Waals surface area contributed by atoms with Crippen molar-refractivity contribution >= 4 is 29.4 Å². The van der Waals surface area contributed by atoms with Gasteiger partial charge in [0.1, 0.15) is 18.3 Å². The van der Waals surface area contributed by atoms with Crippen molar-refractivity contribution in [2.24, 2.45) is 4.99 Å². The van der Waals surface area contributed by atoms with Gasteiger partial charge in [-0.3, -0.25) is 15.0 Å². The number of hydrogen-bond donors (Lipinski definition) is 2. The predicted octanol–water partition coefficient (Wildman–Crippen LogP) is 2.37. The quantitative estimate of drug-likeness (QED) is 0.689. The summed E-state index contributed by atoms with van der Waals surface area (Å²) in [6, 6.07) is 0. The number of carbonyl (C=O) groups is 2. The average Bonchev–Trinajstić information content (AvgIpc) is 2.88. The summed E-state index contributed by atoms with van der Waals surface area (Å²) >= 11 is 5.85. The van der Waals surface area contributed by atoms with E-state index in [9.17, 15) is 14.0 Å². The van der Waals surface area contributed by atoms with Crippen LogP contribution in [0, 0.1) is 0 Å². The second-order valence-electron chi connectivity index (χ2n) is 7.13. The Morgan fingerprint density at radius 2 is 2.13 bits per heavy atom. The fourth-order valence-corrected chi connectivity index (χ4v) is 3.37. The van der Waals surface area contributed by atoms with Gasteiger partial charge in [-0.2, -0.15) is 0 Å². The van der Waals surface area contributed by atoms with Crippen molar-refractivity contribution in [3.05, 3.63) is 46.7 Å². The Morgan fingerprint density at radius 1 is 1.37 bits per heavy atom. The maximum atomic E-state index is 13.6. The van der Waals surface area contributed by atoms with Crippen LogP contribution in [0.5, 0.6) is 0 Å². The average molecular weight is 438 g/mol. The highest BCUT2D eigenvalue weighted by Crippen LogP contribution is 2.23. The molecule has 0 aromatic heterocycles. The van der Waals surface area contributed by atoms with Crippen LogP contribution in [0.1, 0.15) is 19.8 Å². The van der Waals surface area contributed by atoms with Gasteiger partial charge in [-0.05, 0) is 19.1 Å². The second kappa shape index (κ2) is 10.4. The molecule has 10 heteroatoms. The first-order valence-electron chi connectivity index (χ1n) is 9.77. The molecule has 2 amide bonds. The summed E-state index contributed by atoms with van der Waals surface area (Å²) < 4.78 is 18.4. The molecule has 2 fully saturated rings. The number of rotatable bonds is 5. The van der Waals surface area contributed by atoms with Gasteiger partial charge >= 0.3 is 6.09 Å². The minimum atomic E-state index is -0.520. The number of amidine groups is 1. The number of halogens is 2. The van der Waals surface area contributed by atoms with E-state index in [-0.39, 0.29) is 29.7 Å². The van der Waals surface area contributed by atoms with E-state index in [0.29, 0.717) is 24.6 Å². The van der Waals surface area contributed by atoms with Crippen molar-refractivity contribution in [1.29, 1.82) is 0 Å². The van der Waals surface area contributed by atoms with E-state index < -0.39 is 6.09 Å². The first-order chi connectivity index (χ1) is 14.4. The first-order valence-corrected chi connectivity index (χ1v) is 10.2. The van der Waals surface area contributed by atoms with Crippen molar-refractivity contribution in [3.63, 3.8) is 0 Å². The molecule has 3 rings (SSSR count). The van der Waals surface area contributed by atoms with Crippen LogP contribution in [0.2, 0.25) is 0 Å². The van der Waals surface area contributed by atoms with Gasteiger partial charge < -0.3 is 15.0 Å². The maximum absolute atomic E-state index is 13.6. The largest absolute Gasteiger partial charge is 0.449 e. The molecular formula is C20H25ClFN5O3. The monoisotopic (exact) mass is 437 g/mol. The van der Waals surface area contributed by atoms with E-state index in [2.05, 4.69) is 25.4 Å². The number of amides is 2. The summed E-state index contributed by atoms with van der Waals surface area (Å²) in [5.41, 5.74) is 1.54. The molecule has 0 atom stereocenters. The van der Waals surface area contributed by atoms with Gasteiger partial charge in [-0.15, -0.1) is 0 Å². The molecule has 2 aliphatic heterocycles. The number of alkyl carbamates (subject to hydrolysis) is 1. The normalized spacial score (nSPS) is 22.4. The van der Waals surface area contributed by atoms with Gasteiger partial charge in [0.15, 0.2) is 0 Å². The number of nitrogens with zero attached hydrogens (tertiary/aromatic N) is 3. The van der Waals surface area contributed by atoms with Crippen LogP contribution in [0.3, 0.4) is 0 Å². The van der Waals surface area contributed by atoms with E-state index in [1.165, 1.54) is 6.20 Å². The minimum absolute atomic E-state index is 0.125. The molecule has 0 aromatic carbocycles. The van der Waals surface area contributed by atoms with Crippen molar-refractivity contribution in [2.75, 3.05) is 39.3 Å². The van der Waals surface area contributed by atoms with Crippen LogP contribution >= 0.6 is 11.6 Å². The van der Waals surface area contributed by atoms with Crippen LogP contribution in [0.15, 0.2) is 51.7 Å². The smallest absolute Gasteiger partial charge is 0.412 e. The number of piperazine rings is 1. The lowest BCUT2D eigenvalue weighted by atomic mass is 10.2. The Hall–Kier alpha value is -2.65. The lowest BCUT2D eigenvalue weighted by Crippen LogP contribution is -2.48. The molecule has 1 aliphatic carbocycles. The predicted molar refractivity (Wildman–Crippen MR) is 112 cm³/mol. The summed E-state index contributed by atoms with van der Waals surface area (Å²) in [5.74, 6) is 0.0558. The number of carbonyl (C=O) groups excluding carboxylic acids is 2. The van der Waals surface area contributed by atoms with Gasteiger partial charge in [0.05, 0.1) is 11.6 Å². The molecule has 0 unspecified atom stereocenters. The third kappa shape index (κ3) is 6.43. The summed E-state index contributed by atoms with van der Waals surface area (Å²) in [6.45, 7) is 5.24. The van der Waals surface area contributed by atoms with E-state index in [1.807, 2.05) is 12.2 Å². The molecular weight excluding hydrogens is 413 g/mol. The van der Waals surface area contributed by atoms with E-state index in [0.717, 1.165) is 31.9 Å². The molecule has 30 heavy (non-hydrogen) atoms. The molecule has 0 bridgehead atoms. The van der Waals surface area contributed by atoms with Gasteiger partial charge in [0.25, 0.3) is 0 Å². The first kappa shape index (κ1) is 22.0. The van der Waals surface area contributed by atoms with Gasteiger partial charge in [0.2, 0.25) is 5.91 Å². The standard InChI is InChI=1S/C20H25ClFN5O3/c1-14(12-23-18-6-11-30-20(29)25-18)24-19(28)13-26-7-9-27(10-8-26)15-2-4-16(21)17(22)5-3-15/h2-4,12H,5-11,13H2,1H3,(H,24,28)(H,23,25,29)/b14-12+. The minimum Gasteiger partial charge on any atom is -0.449 e. The van der Waals surface area contributed by atoms with Crippen LogP contribution < -0.4 is 10.6 Å². The SMILES string of the molecule is C/C(=C\N=C1CCOC(=O)N1)NC(=O)CN1CCN(C2=CCC(F)=C(Cl)C=C2)CC1. The molecule has 3 aliphatic rings. The molecule has 0 aromatic rings. The van der Waals surface area contributed by atoms with Gasteiger partial charge in [-0.25, -0.2) is 14.2 Å².